The molecule has 0 heterocycles. The number of carbonyl (C=O) groups excluding carboxylic acids is 1. The maximum Gasteiger partial charge on any atom is 0.145 e. The third-order valence-electron chi connectivity index (χ3n) is 7.86. The molecule has 0 radical (unpaired) electrons. The second-order valence-corrected chi connectivity index (χ2v) is 10.8. The average molecular weight is 475 g/mol. The zero-order chi connectivity index (χ0) is 25.8. The molecule has 3 unspecified atom stereocenters. The lowest BCUT2D eigenvalue weighted by atomic mass is 9.53. The van der Waals surface area contributed by atoms with Crippen LogP contribution in [0.2, 0.25) is 0 Å². The summed E-state index contributed by atoms with van der Waals surface area (Å²) in [5.41, 5.74) is 4.11. The molecule has 1 saturated carbocycles. The van der Waals surface area contributed by atoms with Crippen molar-refractivity contribution in [1.82, 2.24) is 0 Å². The standard InChI is InChI=1S/C30H50O4/c1-23(2)11-7-12-24(3)13-8-14-25(4)15-9-18-30(22-33)28(16-10-20-31)27(26(5)21-32)17-19-29(30,6)34/h11,13,15,21,28,31,33-34H,7-10,12,14,16-20,22H2,1-6H3. The van der Waals surface area contributed by atoms with Crippen LogP contribution in [0, 0.1) is 11.3 Å². The zero-order valence-corrected chi connectivity index (χ0v) is 22.6. The Bertz CT molecular complexity index is 765. The van der Waals surface area contributed by atoms with Gasteiger partial charge in [-0.3, -0.25) is 4.79 Å². The van der Waals surface area contributed by atoms with Crippen LogP contribution in [0.15, 0.2) is 46.1 Å². The van der Waals surface area contributed by atoms with E-state index in [1.807, 2.05) is 13.8 Å². The summed E-state index contributed by atoms with van der Waals surface area (Å²) in [4.78, 5) is 11.6. The van der Waals surface area contributed by atoms with E-state index < -0.39 is 11.0 Å². The predicted octanol–water partition coefficient (Wildman–Crippen LogP) is 6.61. The average Bonchev–Trinajstić information content (AvgIpc) is 2.78. The molecule has 0 aliphatic heterocycles. The van der Waals surface area contributed by atoms with E-state index in [1.54, 1.807) is 0 Å². The third kappa shape index (κ3) is 8.62. The summed E-state index contributed by atoms with van der Waals surface area (Å²) in [6.45, 7) is 12.2. The molecule has 0 bridgehead atoms. The summed E-state index contributed by atoms with van der Waals surface area (Å²) in [5.74, 6) is -0.112. The quantitative estimate of drug-likeness (QED) is 0.150. The minimum Gasteiger partial charge on any atom is -0.396 e. The molecular weight excluding hydrogens is 424 g/mol. The molecule has 4 nitrogen and oxygen atoms in total. The highest BCUT2D eigenvalue weighted by molar-refractivity contribution is 5.74. The summed E-state index contributed by atoms with van der Waals surface area (Å²) in [6, 6.07) is 0. The van der Waals surface area contributed by atoms with E-state index in [2.05, 4.69) is 45.9 Å². The molecule has 194 valence electrons. The van der Waals surface area contributed by atoms with Crippen LogP contribution in [0.3, 0.4) is 0 Å². The van der Waals surface area contributed by atoms with Gasteiger partial charge in [-0.2, -0.15) is 0 Å². The highest BCUT2D eigenvalue weighted by Crippen LogP contribution is 2.55. The summed E-state index contributed by atoms with van der Waals surface area (Å²) in [5, 5.41) is 31.5. The van der Waals surface area contributed by atoms with E-state index in [-0.39, 0.29) is 19.1 Å². The first-order valence-corrected chi connectivity index (χ1v) is 13.1. The molecule has 0 saturated heterocycles. The Hall–Kier alpha value is -1.49. The number of aldehydes is 1. The Morgan fingerprint density at radius 2 is 1.56 bits per heavy atom. The first-order chi connectivity index (χ1) is 16.0. The number of hydrogen-bond acceptors (Lipinski definition) is 4. The van der Waals surface area contributed by atoms with Crippen LogP contribution < -0.4 is 0 Å². The van der Waals surface area contributed by atoms with E-state index in [4.69, 9.17) is 0 Å². The Morgan fingerprint density at radius 1 is 0.971 bits per heavy atom. The molecule has 0 spiro atoms. The van der Waals surface area contributed by atoms with Crippen LogP contribution in [0.4, 0.5) is 0 Å². The van der Waals surface area contributed by atoms with Crippen molar-refractivity contribution in [3.05, 3.63) is 46.1 Å². The monoisotopic (exact) mass is 474 g/mol. The highest BCUT2D eigenvalue weighted by atomic mass is 16.3. The summed E-state index contributed by atoms with van der Waals surface area (Å²) >= 11 is 0. The Morgan fingerprint density at radius 3 is 2.09 bits per heavy atom. The molecule has 4 heteroatoms. The van der Waals surface area contributed by atoms with Crippen LogP contribution in [0.1, 0.15) is 106 Å². The van der Waals surface area contributed by atoms with E-state index in [1.165, 1.54) is 16.7 Å². The number of carbonyl (C=O) groups is 1. The van der Waals surface area contributed by atoms with Gasteiger partial charge < -0.3 is 15.3 Å². The fourth-order valence-corrected chi connectivity index (χ4v) is 5.52. The van der Waals surface area contributed by atoms with Gasteiger partial charge in [-0.1, -0.05) is 40.5 Å². The van der Waals surface area contributed by atoms with Gasteiger partial charge in [0.25, 0.3) is 0 Å². The number of aliphatic hydroxyl groups is 3. The molecule has 34 heavy (non-hydrogen) atoms. The van der Waals surface area contributed by atoms with E-state index in [9.17, 15) is 20.1 Å². The summed E-state index contributed by atoms with van der Waals surface area (Å²) in [6.07, 6.45) is 15.8. The van der Waals surface area contributed by atoms with E-state index in [0.717, 1.165) is 44.0 Å². The van der Waals surface area contributed by atoms with Crippen LogP contribution in [-0.2, 0) is 4.79 Å². The largest absolute Gasteiger partial charge is 0.396 e. The lowest BCUT2D eigenvalue weighted by Crippen LogP contribution is -2.56. The van der Waals surface area contributed by atoms with Gasteiger partial charge in [-0.15, -0.1) is 0 Å². The predicted molar refractivity (Wildman–Crippen MR) is 143 cm³/mol. The minimum atomic E-state index is -1.03. The number of rotatable bonds is 14. The van der Waals surface area contributed by atoms with Crippen molar-refractivity contribution in [3.8, 4) is 0 Å². The van der Waals surface area contributed by atoms with Gasteiger partial charge in [0.1, 0.15) is 6.29 Å². The lowest BCUT2D eigenvalue weighted by Gasteiger charge is -2.54. The third-order valence-corrected chi connectivity index (χ3v) is 7.86. The maximum absolute atomic E-state index is 11.6. The van der Waals surface area contributed by atoms with Gasteiger partial charge in [0, 0.05) is 12.0 Å². The van der Waals surface area contributed by atoms with Crippen LogP contribution in [0.25, 0.3) is 0 Å². The number of aliphatic hydroxyl groups excluding tert-OH is 2. The van der Waals surface area contributed by atoms with Crippen LogP contribution in [0.5, 0.6) is 0 Å². The fraction of sp³-hybridized carbons (Fsp3) is 0.700. The Kier molecular flexibility index (Phi) is 13.3. The van der Waals surface area contributed by atoms with Crippen molar-refractivity contribution in [2.45, 2.75) is 111 Å². The molecule has 0 aromatic rings. The van der Waals surface area contributed by atoms with Gasteiger partial charge in [0.05, 0.1) is 12.2 Å². The fourth-order valence-electron chi connectivity index (χ4n) is 5.52. The molecule has 0 aromatic heterocycles. The maximum atomic E-state index is 11.6. The van der Waals surface area contributed by atoms with Gasteiger partial charge in [-0.25, -0.2) is 0 Å². The SMILES string of the molecule is CC(C)=CCCC(C)=CCCC(C)=CCCC1(CO)C(CCCO)C(=C(C)C=O)CCC1(C)O. The first kappa shape index (κ1) is 30.5. The van der Waals surface area contributed by atoms with E-state index >= 15 is 0 Å². The highest BCUT2D eigenvalue weighted by Gasteiger charge is 2.54. The van der Waals surface area contributed by atoms with Gasteiger partial charge in [-0.05, 0) is 117 Å². The topological polar surface area (TPSA) is 77.8 Å². The minimum absolute atomic E-state index is 0.0633. The Labute approximate surface area is 208 Å². The van der Waals surface area contributed by atoms with Crippen molar-refractivity contribution in [2.24, 2.45) is 11.3 Å². The molecule has 1 aliphatic carbocycles. The lowest BCUT2D eigenvalue weighted by molar-refractivity contribution is -0.146. The van der Waals surface area contributed by atoms with Crippen molar-refractivity contribution in [2.75, 3.05) is 13.2 Å². The van der Waals surface area contributed by atoms with Crippen molar-refractivity contribution in [3.63, 3.8) is 0 Å². The zero-order valence-electron chi connectivity index (χ0n) is 22.6. The first-order valence-electron chi connectivity index (χ1n) is 13.1. The molecule has 0 amide bonds. The molecular formula is C30H50O4. The Balaban J connectivity index is 2.93. The second kappa shape index (κ2) is 14.8. The second-order valence-electron chi connectivity index (χ2n) is 10.8. The van der Waals surface area contributed by atoms with Gasteiger partial charge >= 0.3 is 0 Å². The molecule has 0 aromatic carbocycles. The number of hydrogen-bond donors (Lipinski definition) is 3. The summed E-state index contributed by atoms with van der Waals surface area (Å²) < 4.78 is 0. The summed E-state index contributed by atoms with van der Waals surface area (Å²) in [7, 11) is 0. The van der Waals surface area contributed by atoms with E-state index in [0.29, 0.717) is 37.7 Å². The van der Waals surface area contributed by atoms with Gasteiger partial charge in [0.2, 0.25) is 0 Å². The molecule has 3 atom stereocenters. The van der Waals surface area contributed by atoms with Crippen molar-refractivity contribution < 1.29 is 20.1 Å². The molecule has 1 rings (SSSR count). The van der Waals surface area contributed by atoms with Crippen LogP contribution in [-0.4, -0.2) is 40.4 Å². The smallest absolute Gasteiger partial charge is 0.145 e. The van der Waals surface area contributed by atoms with Crippen molar-refractivity contribution in [1.29, 1.82) is 0 Å². The van der Waals surface area contributed by atoms with Crippen molar-refractivity contribution >= 4 is 6.29 Å². The molecule has 1 fully saturated rings. The number of allylic oxidation sites excluding steroid dienone is 8. The van der Waals surface area contributed by atoms with Crippen LogP contribution >= 0.6 is 0 Å². The van der Waals surface area contributed by atoms with Gasteiger partial charge in [0.15, 0.2) is 0 Å². The molecule has 3 N–H and O–H groups in total. The normalized spacial score (nSPS) is 27.5. The molecule has 1 aliphatic rings.